The molecule has 2 aromatic rings. The fourth-order valence-corrected chi connectivity index (χ4v) is 3.44. The molecule has 0 aromatic carbocycles. The van der Waals surface area contributed by atoms with Crippen molar-refractivity contribution >= 4 is 17.2 Å². The number of rotatable bonds is 5. The van der Waals surface area contributed by atoms with Crippen molar-refractivity contribution in [1.82, 2.24) is 19.9 Å². The molecule has 1 fully saturated rings. The van der Waals surface area contributed by atoms with Crippen molar-refractivity contribution in [3.63, 3.8) is 0 Å². The van der Waals surface area contributed by atoms with Crippen LogP contribution in [0.2, 0.25) is 0 Å². The standard InChI is InChI=1S/C15H16F2N4O2S/c1-9-8-24-14(23)21(9)7-11(22)20-15(4-2-5-15)13-18-6-3-10(19-13)12(16)17/h3,6,8,12H,2,4-5,7H2,1H3,(H,20,22). The molecule has 0 saturated heterocycles. The maximum Gasteiger partial charge on any atom is 0.307 e. The first-order chi connectivity index (χ1) is 11.4. The van der Waals surface area contributed by atoms with Crippen LogP contribution in [0.1, 0.15) is 42.9 Å². The van der Waals surface area contributed by atoms with Gasteiger partial charge in [-0.2, -0.15) is 0 Å². The smallest absolute Gasteiger partial charge is 0.307 e. The van der Waals surface area contributed by atoms with E-state index in [1.54, 1.807) is 12.3 Å². The third-order valence-electron chi connectivity index (χ3n) is 4.19. The number of carbonyl (C=O) groups excluding carboxylic acids is 1. The highest BCUT2D eigenvalue weighted by atomic mass is 32.1. The zero-order valence-electron chi connectivity index (χ0n) is 13.0. The molecule has 9 heteroatoms. The lowest BCUT2D eigenvalue weighted by atomic mass is 9.76. The van der Waals surface area contributed by atoms with Gasteiger partial charge in [0.2, 0.25) is 5.91 Å². The summed E-state index contributed by atoms with van der Waals surface area (Å²) in [6.45, 7) is 1.64. The number of nitrogens with one attached hydrogen (secondary N) is 1. The average molecular weight is 354 g/mol. The van der Waals surface area contributed by atoms with Crippen LogP contribution < -0.4 is 10.2 Å². The molecular formula is C15H16F2N4O2S. The van der Waals surface area contributed by atoms with Crippen LogP contribution in [-0.2, 0) is 16.9 Å². The summed E-state index contributed by atoms with van der Waals surface area (Å²) in [6, 6.07) is 1.16. The summed E-state index contributed by atoms with van der Waals surface area (Å²) in [5.74, 6) is -0.154. The Bertz CT molecular complexity index is 814. The Morgan fingerprint density at radius 2 is 2.25 bits per heavy atom. The van der Waals surface area contributed by atoms with Gasteiger partial charge in [0.05, 0.1) is 5.54 Å². The first kappa shape index (κ1) is 16.7. The first-order valence-corrected chi connectivity index (χ1v) is 8.37. The van der Waals surface area contributed by atoms with Crippen molar-refractivity contribution in [2.75, 3.05) is 0 Å². The van der Waals surface area contributed by atoms with Gasteiger partial charge in [-0.15, -0.1) is 0 Å². The Labute approximate surface area is 140 Å². The van der Waals surface area contributed by atoms with E-state index in [9.17, 15) is 18.4 Å². The first-order valence-electron chi connectivity index (χ1n) is 7.49. The molecule has 0 atom stereocenters. The Hall–Kier alpha value is -2.16. The second-order valence-corrected chi connectivity index (χ2v) is 6.64. The van der Waals surface area contributed by atoms with E-state index >= 15 is 0 Å². The quantitative estimate of drug-likeness (QED) is 0.892. The van der Waals surface area contributed by atoms with E-state index in [4.69, 9.17) is 0 Å². The van der Waals surface area contributed by atoms with Gasteiger partial charge in [-0.05, 0) is 32.3 Å². The van der Waals surface area contributed by atoms with Gasteiger partial charge >= 0.3 is 4.87 Å². The van der Waals surface area contributed by atoms with Gasteiger partial charge in [0.15, 0.2) is 5.82 Å². The van der Waals surface area contributed by atoms with Gasteiger partial charge in [0.1, 0.15) is 12.2 Å². The fourth-order valence-electron chi connectivity index (χ4n) is 2.71. The zero-order valence-corrected chi connectivity index (χ0v) is 13.8. The molecule has 6 nitrogen and oxygen atoms in total. The number of amides is 1. The van der Waals surface area contributed by atoms with Gasteiger partial charge in [-0.3, -0.25) is 14.2 Å². The molecule has 0 bridgehead atoms. The number of aromatic nitrogens is 3. The molecule has 3 rings (SSSR count). The fraction of sp³-hybridized carbons (Fsp3) is 0.467. The maximum atomic E-state index is 12.8. The lowest BCUT2D eigenvalue weighted by Gasteiger charge is -2.41. The van der Waals surface area contributed by atoms with E-state index in [1.807, 2.05) is 0 Å². The summed E-state index contributed by atoms with van der Waals surface area (Å²) in [4.78, 5) is 31.8. The average Bonchev–Trinajstić information content (AvgIpc) is 2.83. The molecule has 24 heavy (non-hydrogen) atoms. The molecule has 1 N–H and O–H groups in total. The summed E-state index contributed by atoms with van der Waals surface area (Å²) in [5.41, 5.74) is -0.473. The second-order valence-electron chi connectivity index (χ2n) is 5.82. The van der Waals surface area contributed by atoms with Crippen LogP contribution >= 0.6 is 11.3 Å². The third-order valence-corrected chi connectivity index (χ3v) is 5.07. The minimum absolute atomic E-state index is 0.107. The topological polar surface area (TPSA) is 76.9 Å². The Morgan fingerprint density at radius 3 is 2.79 bits per heavy atom. The van der Waals surface area contributed by atoms with Crippen molar-refractivity contribution in [3.8, 4) is 0 Å². The lowest BCUT2D eigenvalue weighted by molar-refractivity contribution is -0.125. The van der Waals surface area contributed by atoms with Crippen LogP contribution in [0, 0.1) is 6.92 Å². The highest BCUT2D eigenvalue weighted by Gasteiger charge is 2.43. The minimum Gasteiger partial charge on any atom is -0.342 e. The molecule has 0 aliphatic heterocycles. The summed E-state index contributed by atoms with van der Waals surface area (Å²) in [6.07, 6.45) is 0.613. The second kappa shape index (κ2) is 6.39. The van der Waals surface area contributed by atoms with Crippen molar-refractivity contribution in [1.29, 1.82) is 0 Å². The van der Waals surface area contributed by atoms with Crippen molar-refractivity contribution in [2.24, 2.45) is 0 Å². The molecule has 0 radical (unpaired) electrons. The van der Waals surface area contributed by atoms with E-state index in [-0.39, 0.29) is 28.8 Å². The lowest BCUT2D eigenvalue weighted by Crippen LogP contribution is -2.53. The molecule has 0 spiro atoms. The highest BCUT2D eigenvalue weighted by Crippen LogP contribution is 2.39. The number of carbonyl (C=O) groups is 1. The number of hydrogen-bond acceptors (Lipinski definition) is 5. The molecule has 0 unspecified atom stereocenters. The van der Waals surface area contributed by atoms with Crippen LogP contribution in [0.25, 0.3) is 0 Å². The molecule has 1 amide bonds. The summed E-state index contributed by atoms with van der Waals surface area (Å²) < 4.78 is 27.1. The molecule has 1 aliphatic carbocycles. The molecule has 1 saturated carbocycles. The highest BCUT2D eigenvalue weighted by molar-refractivity contribution is 7.07. The maximum absolute atomic E-state index is 12.8. The molecule has 1 aliphatic rings. The predicted molar refractivity (Wildman–Crippen MR) is 84.0 cm³/mol. The van der Waals surface area contributed by atoms with Crippen molar-refractivity contribution in [3.05, 3.63) is 44.5 Å². The van der Waals surface area contributed by atoms with Crippen molar-refractivity contribution < 1.29 is 13.6 Å². The van der Waals surface area contributed by atoms with E-state index in [0.29, 0.717) is 18.5 Å². The molecule has 2 heterocycles. The van der Waals surface area contributed by atoms with Gasteiger partial charge in [0, 0.05) is 17.3 Å². The van der Waals surface area contributed by atoms with E-state index in [0.717, 1.165) is 23.8 Å². The zero-order chi connectivity index (χ0) is 17.3. The van der Waals surface area contributed by atoms with Gasteiger partial charge in [0.25, 0.3) is 6.43 Å². The monoisotopic (exact) mass is 354 g/mol. The van der Waals surface area contributed by atoms with E-state index < -0.39 is 12.0 Å². The van der Waals surface area contributed by atoms with Crippen LogP contribution in [-0.4, -0.2) is 20.4 Å². The molecular weight excluding hydrogens is 338 g/mol. The largest absolute Gasteiger partial charge is 0.342 e. The van der Waals surface area contributed by atoms with Crippen LogP contribution in [0.4, 0.5) is 8.78 Å². The van der Waals surface area contributed by atoms with Crippen molar-refractivity contribution in [2.45, 2.75) is 44.7 Å². The predicted octanol–water partition coefficient (Wildman–Crippen LogP) is 2.14. The summed E-state index contributed by atoms with van der Waals surface area (Å²) in [7, 11) is 0. The molecule has 128 valence electrons. The van der Waals surface area contributed by atoms with Gasteiger partial charge < -0.3 is 5.32 Å². The normalized spacial score (nSPS) is 16.0. The minimum atomic E-state index is -2.69. The third kappa shape index (κ3) is 3.08. The number of alkyl halides is 2. The number of halogens is 2. The van der Waals surface area contributed by atoms with Gasteiger partial charge in [-0.25, -0.2) is 18.7 Å². The SMILES string of the molecule is Cc1csc(=O)n1CC(=O)NC1(c2nccc(C(F)F)n2)CCC1. The number of hydrogen-bond donors (Lipinski definition) is 1. The Kier molecular flexibility index (Phi) is 4.44. The van der Waals surface area contributed by atoms with Gasteiger partial charge in [-0.1, -0.05) is 11.3 Å². The number of nitrogens with zero attached hydrogens (tertiary/aromatic N) is 3. The summed E-state index contributed by atoms with van der Waals surface area (Å²) in [5, 5.41) is 4.53. The van der Waals surface area contributed by atoms with Crippen LogP contribution in [0.3, 0.4) is 0 Å². The van der Waals surface area contributed by atoms with E-state index in [2.05, 4.69) is 15.3 Å². The van der Waals surface area contributed by atoms with Crippen LogP contribution in [0.15, 0.2) is 22.4 Å². The Balaban J connectivity index is 1.80. The Morgan fingerprint density at radius 1 is 1.50 bits per heavy atom. The number of aryl methyl sites for hydroxylation is 1. The molecule has 2 aromatic heterocycles. The number of thiazole rings is 1. The van der Waals surface area contributed by atoms with Crippen LogP contribution in [0.5, 0.6) is 0 Å². The van der Waals surface area contributed by atoms with E-state index in [1.165, 1.54) is 10.8 Å². The summed E-state index contributed by atoms with van der Waals surface area (Å²) >= 11 is 1.03.